The average Bonchev–Trinajstić information content (AvgIpc) is 2.08. The lowest BCUT2D eigenvalue weighted by molar-refractivity contribution is -0.134. The lowest BCUT2D eigenvalue weighted by Crippen LogP contribution is -1.94. The predicted octanol–water partition coefficient (Wildman–Crippen LogP) is 2.74. The first-order chi connectivity index (χ1) is 6.11. The number of carboxylic acids is 1. The highest BCUT2D eigenvalue weighted by Gasteiger charge is 2.05. The maximum absolute atomic E-state index is 12.6. The van der Waals surface area contributed by atoms with E-state index < -0.39 is 11.8 Å². The molecule has 0 radical (unpaired) electrons. The molecule has 0 aliphatic rings. The van der Waals surface area contributed by atoms with Crippen LogP contribution in [0.15, 0.2) is 30.1 Å². The standard InChI is InChI=1S/C9H6ClFO2/c10-7-4-2-1-3-6(7)5-8(11)9(12)13/h1-5H,(H,12,13)/b8-5-. The molecule has 1 aromatic carbocycles. The summed E-state index contributed by atoms with van der Waals surface area (Å²) >= 11 is 5.67. The Morgan fingerprint density at radius 3 is 2.62 bits per heavy atom. The predicted molar refractivity (Wildman–Crippen MR) is 48.2 cm³/mol. The van der Waals surface area contributed by atoms with Gasteiger partial charge in [0.25, 0.3) is 0 Å². The SMILES string of the molecule is O=C(O)/C(F)=C/c1ccccc1Cl. The molecular weight excluding hydrogens is 195 g/mol. The Balaban J connectivity index is 3.04. The fraction of sp³-hybridized carbons (Fsp3) is 0. The van der Waals surface area contributed by atoms with Gasteiger partial charge in [0.15, 0.2) is 0 Å². The van der Waals surface area contributed by atoms with E-state index in [2.05, 4.69) is 0 Å². The van der Waals surface area contributed by atoms with Gasteiger partial charge in [0.1, 0.15) is 0 Å². The van der Waals surface area contributed by atoms with Crippen LogP contribution in [-0.2, 0) is 4.79 Å². The number of aliphatic carboxylic acids is 1. The highest BCUT2D eigenvalue weighted by Crippen LogP contribution is 2.18. The molecular formula is C9H6ClFO2. The summed E-state index contributed by atoms with van der Waals surface area (Å²) in [5, 5.41) is 8.57. The summed E-state index contributed by atoms with van der Waals surface area (Å²) in [5.41, 5.74) is 0.351. The first-order valence-corrected chi connectivity index (χ1v) is 3.84. The van der Waals surface area contributed by atoms with E-state index in [1.54, 1.807) is 18.2 Å². The van der Waals surface area contributed by atoms with Crippen molar-refractivity contribution in [3.8, 4) is 0 Å². The summed E-state index contributed by atoms with van der Waals surface area (Å²) in [6, 6.07) is 6.42. The molecule has 0 aromatic heterocycles. The molecule has 0 atom stereocenters. The van der Waals surface area contributed by atoms with Gasteiger partial charge in [-0.15, -0.1) is 0 Å². The van der Waals surface area contributed by atoms with E-state index >= 15 is 0 Å². The Kier molecular flexibility index (Phi) is 3.03. The van der Waals surface area contributed by atoms with Crippen molar-refractivity contribution < 1.29 is 14.3 Å². The third-order valence-corrected chi connectivity index (χ3v) is 1.74. The summed E-state index contributed by atoms with van der Waals surface area (Å²) in [6.45, 7) is 0. The zero-order chi connectivity index (χ0) is 9.84. The van der Waals surface area contributed by atoms with Crippen LogP contribution in [0.2, 0.25) is 5.02 Å². The smallest absolute Gasteiger partial charge is 0.364 e. The van der Waals surface area contributed by atoms with Gasteiger partial charge in [0.2, 0.25) is 5.83 Å². The summed E-state index contributed by atoms with van der Waals surface area (Å²) in [7, 11) is 0. The van der Waals surface area contributed by atoms with Gasteiger partial charge < -0.3 is 5.11 Å². The van der Waals surface area contributed by atoms with E-state index in [4.69, 9.17) is 16.7 Å². The van der Waals surface area contributed by atoms with Crippen molar-refractivity contribution in [1.82, 2.24) is 0 Å². The molecule has 0 aliphatic carbocycles. The van der Waals surface area contributed by atoms with Gasteiger partial charge in [-0.25, -0.2) is 4.79 Å². The van der Waals surface area contributed by atoms with Crippen molar-refractivity contribution in [2.24, 2.45) is 0 Å². The Bertz CT molecular complexity index is 360. The first kappa shape index (κ1) is 9.74. The van der Waals surface area contributed by atoms with Gasteiger partial charge in [-0.1, -0.05) is 29.8 Å². The number of halogens is 2. The zero-order valence-electron chi connectivity index (χ0n) is 6.50. The number of benzene rings is 1. The Hall–Kier alpha value is -1.35. The highest BCUT2D eigenvalue weighted by atomic mass is 35.5. The number of rotatable bonds is 2. The van der Waals surface area contributed by atoms with Crippen LogP contribution in [0.4, 0.5) is 4.39 Å². The number of hydrogen-bond donors (Lipinski definition) is 1. The van der Waals surface area contributed by atoms with E-state index in [0.717, 1.165) is 6.08 Å². The van der Waals surface area contributed by atoms with Gasteiger partial charge in [-0.2, -0.15) is 4.39 Å². The van der Waals surface area contributed by atoms with E-state index in [-0.39, 0.29) is 0 Å². The molecule has 1 rings (SSSR count). The van der Waals surface area contributed by atoms with E-state index in [1.807, 2.05) is 0 Å². The molecule has 2 nitrogen and oxygen atoms in total. The summed E-state index contributed by atoms with van der Waals surface area (Å²) in [5.74, 6) is -2.83. The maximum Gasteiger partial charge on any atom is 0.364 e. The van der Waals surface area contributed by atoms with Crippen LogP contribution in [0, 0.1) is 0 Å². The third kappa shape index (κ3) is 2.56. The van der Waals surface area contributed by atoms with Crippen molar-refractivity contribution in [2.75, 3.05) is 0 Å². The van der Waals surface area contributed by atoms with Crippen LogP contribution in [0.3, 0.4) is 0 Å². The molecule has 0 saturated heterocycles. The minimum absolute atomic E-state index is 0.318. The van der Waals surface area contributed by atoms with Crippen LogP contribution in [-0.4, -0.2) is 11.1 Å². The largest absolute Gasteiger partial charge is 0.476 e. The molecule has 68 valence electrons. The molecule has 13 heavy (non-hydrogen) atoms. The lowest BCUT2D eigenvalue weighted by Gasteiger charge is -1.95. The van der Waals surface area contributed by atoms with Crippen molar-refractivity contribution >= 4 is 23.6 Å². The van der Waals surface area contributed by atoms with Crippen LogP contribution >= 0.6 is 11.6 Å². The second-order valence-corrected chi connectivity index (χ2v) is 2.73. The van der Waals surface area contributed by atoms with Gasteiger partial charge >= 0.3 is 5.97 Å². The second kappa shape index (κ2) is 4.05. The molecule has 0 heterocycles. The third-order valence-electron chi connectivity index (χ3n) is 1.39. The fourth-order valence-electron chi connectivity index (χ4n) is 0.790. The minimum Gasteiger partial charge on any atom is -0.476 e. The highest BCUT2D eigenvalue weighted by molar-refractivity contribution is 6.32. The monoisotopic (exact) mass is 200 g/mol. The average molecular weight is 201 g/mol. The number of carbonyl (C=O) groups is 1. The van der Waals surface area contributed by atoms with E-state index in [9.17, 15) is 9.18 Å². The second-order valence-electron chi connectivity index (χ2n) is 2.32. The fourth-order valence-corrected chi connectivity index (χ4v) is 0.981. The van der Waals surface area contributed by atoms with Gasteiger partial charge in [0.05, 0.1) is 0 Å². The molecule has 0 aliphatic heterocycles. The van der Waals surface area contributed by atoms with Gasteiger partial charge in [0, 0.05) is 5.02 Å². The zero-order valence-corrected chi connectivity index (χ0v) is 7.25. The first-order valence-electron chi connectivity index (χ1n) is 3.46. The van der Waals surface area contributed by atoms with Crippen molar-refractivity contribution in [1.29, 1.82) is 0 Å². The molecule has 0 spiro atoms. The Morgan fingerprint density at radius 2 is 2.08 bits per heavy atom. The molecule has 4 heteroatoms. The molecule has 1 N–H and O–H groups in total. The summed E-state index contributed by atoms with van der Waals surface area (Å²) in [4.78, 5) is 10.1. The number of carboxylic acid groups (broad SMARTS) is 1. The minimum atomic E-state index is -1.60. The van der Waals surface area contributed by atoms with Crippen molar-refractivity contribution in [3.05, 3.63) is 40.7 Å². The van der Waals surface area contributed by atoms with Gasteiger partial charge in [-0.3, -0.25) is 0 Å². The van der Waals surface area contributed by atoms with Crippen molar-refractivity contribution in [3.63, 3.8) is 0 Å². The quantitative estimate of drug-likeness (QED) is 0.746. The molecule has 0 amide bonds. The molecule has 1 aromatic rings. The normalized spacial score (nSPS) is 11.4. The van der Waals surface area contributed by atoms with Gasteiger partial charge in [-0.05, 0) is 17.7 Å². The van der Waals surface area contributed by atoms with E-state index in [1.165, 1.54) is 6.07 Å². The molecule has 0 unspecified atom stereocenters. The molecule has 0 saturated carbocycles. The summed E-state index contributed by atoms with van der Waals surface area (Å²) in [6.07, 6.45) is 0.880. The lowest BCUT2D eigenvalue weighted by atomic mass is 10.2. The van der Waals surface area contributed by atoms with Crippen LogP contribution < -0.4 is 0 Å². The van der Waals surface area contributed by atoms with E-state index in [0.29, 0.717) is 10.6 Å². The maximum atomic E-state index is 12.6. The Morgan fingerprint density at radius 1 is 1.46 bits per heavy atom. The van der Waals surface area contributed by atoms with Crippen molar-refractivity contribution in [2.45, 2.75) is 0 Å². The molecule has 0 bridgehead atoms. The van der Waals surface area contributed by atoms with Crippen LogP contribution in [0.5, 0.6) is 0 Å². The summed E-state index contributed by atoms with van der Waals surface area (Å²) < 4.78 is 12.6. The molecule has 0 fully saturated rings. The Labute approximate surface area is 79.3 Å². The number of hydrogen-bond acceptors (Lipinski definition) is 1. The topological polar surface area (TPSA) is 37.3 Å². The van der Waals surface area contributed by atoms with Crippen LogP contribution in [0.1, 0.15) is 5.56 Å². The van der Waals surface area contributed by atoms with Crippen LogP contribution in [0.25, 0.3) is 6.08 Å².